The number of barbiturate groups is 1. The van der Waals surface area contributed by atoms with Gasteiger partial charge in [-0.2, -0.15) is 0 Å². The second-order valence-electron chi connectivity index (χ2n) is 5.98. The van der Waals surface area contributed by atoms with Gasteiger partial charge in [-0.3, -0.25) is 19.8 Å². The first-order valence-corrected chi connectivity index (χ1v) is 8.17. The number of halogens is 1. The third-order valence-corrected chi connectivity index (χ3v) is 4.37. The Hall–Kier alpha value is -3.22. The van der Waals surface area contributed by atoms with Gasteiger partial charge in [-0.05, 0) is 50.6 Å². The predicted octanol–water partition coefficient (Wildman–Crippen LogP) is 2.71. The van der Waals surface area contributed by atoms with Gasteiger partial charge in [-0.1, -0.05) is 12.1 Å². The van der Waals surface area contributed by atoms with Gasteiger partial charge >= 0.3 is 6.03 Å². The molecule has 0 saturated carbocycles. The van der Waals surface area contributed by atoms with E-state index in [2.05, 4.69) is 5.32 Å². The van der Waals surface area contributed by atoms with Crippen molar-refractivity contribution in [3.63, 3.8) is 0 Å². The Balaban J connectivity index is 2.09. The molecule has 3 rings (SSSR count). The largest absolute Gasteiger partial charge is 0.331 e. The van der Waals surface area contributed by atoms with Crippen LogP contribution >= 0.6 is 0 Å². The third-order valence-electron chi connectivity index (χ3n) is 4.37. The van der Waals surface area contributed by atoms with Gasteiger partial charge in [0.15, 0.2) is 0 Å². The van der Waals surface area contributed by atoms with Crippen LogP contribution < -0.4 is 5.32 Å². The van der Waals surface area contributed by atoms with E-state index in [-0.39, 0.29) is 17.9 Å². The molecule has 1 saturated heterocycles. The molecule has 1 aliphatic heterocycles. The first kappa shape index (κ1) is 17.6. The molecule has 0 atom stereocenters. The third kappa shape index (κ3) is 2.81. The van der Waals surface area contributed by atoms with Crippen molar-refractivity contribution in [2.45, 2.75) is 20.8 Å². The zero-order chi connectivity index (χ0) is 19.0. The number of benzene rings is 1. The fraction of sp³-hybridized carbons (Fsp3) is 0.211. The summed E-state index contributed by atoms with van der Waals surface area (Å²) in [6.45, 7) is 5.39. The summed E-state index contributed by atoms with van der Waals surface area (Å²) in [4.78, 5) is 37.2. The number of carbonyl (C=O) groups excluding carboxylic acids is 3. The lowest BCUT2D eigenvalue weighted by Gasteiger charge is -2.24. The molecule has 6 nitrogen and oxygen atoms in total. The highest BCUT2D eigenvalue weighted by molar-refractivity contribution is 6.31. The normalized spacial score (nSPS) is 16.4. The number of nitrogens with one attached hydrogen (secondary N) is 1. The number of aryl methyl sites for hydroxylation is 1. The van der Waals surface area contributed by atoms with Crippen LogP contribution in [0.5, 0.6) is 0 Å². The van der Waals surface area contributed by atoms with Crippen LogP contribution in [0.4, 0.5) is 9.18 Å². The molecule has 1 N–H and O–H groups in total. The van der Waals surface area contributed by atoms with Crippen molar-refractivity contribution in [3.05, 3.63) is 58.7 Å². The van der Waals surface area contributed by atoms with Gasteiger partial charge in [0.05, 0.1) is 5.69 Å². The Morgan fingerprint density at radius 2 is 1.85 bits per heavy atom. The van der Waals surface area contributed by atoms with E-state index in [0.717, 1.165) is 10.6 Å². The van der Waals surface area contributed by atoms with Crippen LogP contribution in [0.2, 0.25) is 0 Å². The number of rotatable bonds is 3. The van der Waals surface area contributed by atoms with Crippen molar-refractivity contribution in [2.75, 3.05) is 6.54 Å². The lowest BCUT2D eigenvalue weighted by molar-refractivity contribution is -0.129. The maximum absolute atomic E-state index is 14.2. The Morgan fingerprint density at radius 1 is 1.15 bits per heavy atom. The molecule has 1 aliphatic rings. The second kappa shape index (κ2) is 6.59. The lowest BCUT2D eigenvalue weighted by Crippen LogP contribution is -2.53. The number of urea groups is 1. The quantitative estimate of drug-likeness (QED) is 0.680. The Bertz CT molecular complexity index is 959. The zero-order valence-electron chi connectivity index (χ0n) is 14.7. The number of likely N-dealkylation sites (N-methyl/N-ethyl adjacent to an activating group) is 1. The minimum absolute atomic E-state index is 0.125. The Kier molecular flexibility index (Phi) is 4.46. The number of carbonyl (C=O) groups is 3. The molecule has 1 aromatic carbocycles. The standard InChI is InChI=1S/C19H18FN3O3/c1-4-22-18(25)14(17(24)21-19(22)26)10-13-9-11(2)23(12(13)3)16-8-6-5-7-15(16)20/h5-10H,4H2,1-3H3,(H,21,24,26). The van der Waals surface area contributed by atoms with Crippen molar-refractivity contribution >= 4 is 23.9 Å². The number of nitrogens with zero attached hydrogens (tertiary/aromatic N) is 2. The molecular formula is C19H18FN3O3. The maximum Gasteiger partial charge on any atom is 0.331 e. The van der Waals surface area contributed by atoms with E-state index < -0.39 is 17.8 Å². The van der Waals surface area contributed by atoms with Crippen LogP contribution in [0.25, 0.3) is 11.8 Å². The molecule has 0 spiro atoms. The van der Waals surface area contributed by atoms with Gasteiger partial charge in [-0.25, -0.2) is 9.18 Å². The minimum atomic E-state index is -0.736. The molecule has 26 heavy (non-hydrogen) atoms. The summed E-state index contributed by atoms with van der Waals surface area (Å²) in [5.41, 5.74) is 2.30. The van der Waals surface area contributed by atoms with Gasteiger partial charge in [-0.15, -0.1) is 0 Å². The Morgan fingerprint density at radius 3 is 2.50 bits per heavy atom. The number of amides is 4. The van der Waals surface area contributed by atoms with Gasteiger partial charge in [0, 0.05) is 17.9 Å². The van der Waals surface area contributed by atoms with Crippen LogP contribution in [0, 0.1) is 19.7 Å². The molecule has 2 aromatic rings. The van der Waals surface area contributed by atoms with Crippen LogP contribution in [-0.2, 0) is 9.59 Å². The second-order valence-corrected chi connectivity index (χ2v) is 5.98. The van der Waals surface area contributed by atoms with E-state index >= 15 is 0 Å². The van der Waals surface area contributed by atoms with Crippen molar-refractivity contribution in [1.29, 1.82) is 0 Å². The molecule has 0 aliphatic carbocycles. The fourth-order valence-electron chi connectivity index (χ4n) is 3.07. The molecule has 1 aromatic heterocycles. The molecule has 0 radical (unpaired) electrons. The highest BCUT2D eigenvalue weighted by atomic mass is 19.1. The van der Waals surface area contributed by atoms with E-state index in [1.54, 1.807) is 42.7 Å². The Labute approximate surface area is 149 Å². The summed E-state index contributed by atoms with van der Waals surface area (Å²) in [6.07, 6.45) is 1.44. The van der Waals surface area contributed by atoms with Crippen molar-refractivity contribution in [1.82, 2.24) is 14.8 Å². The summed E-state index contributed by atoms with van der Waals surface area (Å²) in [7, 11) is 0. The number of para-hydroxylation sites is 1. The molecular weight excluding hydrogens is 337 g/mol. The van der Waals surface area contributed by atoms with Gasteiger partial charge in [0.1, 0.15) is 11.4 Å². The molecule has 0 bridgehead atoms. The fourth-order valence-corrected chi connectivity index (χ4v) is 3.07. The summed E-state index contributed by atoms with van der Waals surface area (Å²) in [5, 5.41) is 2.15. The monoisotopic (exact) mass is 355 g/mol. The highest BCUT2D eigenvalue weighted by Gasteiger charge is 2.34. The van der Waals surface area contributed by atoms with Crippen LogP contribution in [0.3, 0.4) is 0 Å². The van der Waals surface area contributed by atoms with Crippen molar-refractivity contribution in [2.24, 2.45) is 0 Å². The molecule has 7 heteroatoms. The average molecular weight is 355 g/mol. The topological polar surface area (TPSA) is 71.4 Å². The first-order valence-electron chi connectivity index (χ1n) is 8.17. The average Bonchev–Trinajstić information content (AvgIpc) is 2.86. The van der Waals surface area contributed by atoms with Gasteiger partial charge < -0.3 is 4.57 Å². The lowest BCUT2D eigenvalue weighted by atomic mass is 10.1. The summed E-state index contributed by atoms with van der Waals surface area (Å²) in [6, 6.07) is 7.41. The van der Waals surface area contributed by atoms with Crippen LogP contribution in [0.1, 0.15) is 23.9 Å². The molecule has 1 fully saturated rings. The number of imide groups is 2. The summed E-state index contributed by atoms with van der Waals surface area (Å²) < 4.78 is 15.9. The molecule has 2 heterocycles. The van der Waals surface area contributed by atoms with E-state index in [0.29, 0.717) is 16.9 Å². The summed E-state index contributed by atoms with van der Waals surface area (Å²) >= 11 is 0. The number of hydrogen-bond acceptors (Lipinski definition) is 3. The van der Waals surface area contributed by atoms with E-state index in [1.807, 2.05) is 6.92 Å². The molecule has 134 valence electrons. The number of hydrogen-bond donors (Lipinski definition) is 1. The van der Waals surface area contributed by atoms with Crippen molar-refractivity contribution < 1.29 is 18.8 Å². The van der Waals surface area contributed by atoms with E-state index in [4.69, 9.17) is 0 Å². The van der Waals surface area contributed by atoms with E-state index in [9.17, 15) is 18.8 Å². The van der Waals surface area contributed by atoms with E-state index in [1.165, 1.54) is 12.1 Å². The predicted molar refractivity (Wildman–Crippen MR) is 94.1 cm³/mol. The molecule has 4 amide bonds. The highest BCUT2D eigenvalue weighted by Crippen LogP contribution is 2.25. The molecule has 0 unspecified atom stereocenters. The smallest absolute Gasteiger partial charge is 0.315 e. The van der Waals surface area contributed by atoms with Gasteiger partial charge in [0.2, 0.25) is 0 Å². The van der Waals surface area contributed by atoms with Crippen molar-refractivity contribution in [3.8, 4) is 5.69 Å². The number of aromatic nitrogens is 1. The van der Waals surface area contributed by atoms with Crippen LogP contribution in [0.15, 0.2) is 35.9 Å². The van der Waals surface area contributed by atoms with Gasteiger partial charge in [0.25, 0.3) is 11.8 Å². The summed E-state index contributed by atoms with van der Waals surface area (Å²) in [5.74, 6) is -1.75. The maximum atomic E-state index is 14.2. The zero-order valence-corrected chi connectivity index (χ0v) is 14.7. The first-order chi connectivity index (χ1) is 12.3. The SMILES string of the molecule is CCN1C(=O)NC(=O)C(=Cc2cc(C)n(-c3ccccc3F)c2C)C1=O. The minimum Gasteiger partial charge on any atom is -0.315 e. The van der Waals surface area contributed by atoms with Crippen LogP contribution in [-0.4, -0.2) is 33.9 Å².